The Kier molecular flexibility index (Phi) is 5.77. The molecule has 0 aromatic carbocycles. The maximum atomic E-state index is 11.4. The lowest BCUT2D eigenvalue weighted by Gasteiger charge is -2.26. The van der Waals surface area contributed by atoms with Crippen molar-refractivity contribution in [1.29, 1.82) is 0 Å². The Hall–Kier alpha value is -0.570. The van der Waals surface area contributed by atoms with E-state index in [2.05, 4.69) is 33.0 Å². The summed E-state index contributed by atoms with van der Waals surface area (Å²) in [5.41, 5.74) is 5.90. The summed E-state index contributed by atoms with van der Waals surface area (Å²) in [5.74, 6) is 0.0703. The van der Waals surface area contributed by atoms with Crippen molar-refractivity contribution >= 4 is 5.91 Å². The fourth-order valence-corrected chi connectivity index (χ4v) is 0.983. The molecule has 84 valence electrons. The predicted octanol–water partition coefficient (Wildman–Crippen LogP) is 1.67. The molecule has 1 atom stereocenters. The number of unbranched alkanes of at least 4 members (excludes halogenated alkanes) is 1. The Bertz CT molecular complexity index is 173. The molecule has 0 aliphatic carbocycles. The number of nitrogens with one attached hydrogen (secondary N) is 1. The maximum absolute atomic E-state index is 11.4. The average molecular weight is 200 g/mol. The summed E-state index contributed by atoms with van der Waals surface area (Å²) in [7, 11) is 0. The van der Waals surface area contributed by atoms with E-state index >= 15 is 0 Å². The van der Waals surface area contributed by atoms with Crippen LogP contribution in [0.2, 0.25) is 0 Å². The van der Waals surface area contributed by atoms with Gasteiger partial charge in [-0.1, -0.05) is 34.1 Å². The minimum absolute atomic E-state index is 0.00208. The molecule has 0 saturated carbocycles. The minimum atomic E-state index is -0.0656. The van der Waals surface area contributed by atoms with E-state index in [0.717, 1.165) is 19.4 Å². The van der Waals surface area contributed by atoms with Crippen LogP contribution in [0.4, 0.5) is 0 Å². The van der Waals surface area contributed by atoms with Gasteiger partial charge >= 0.3 is 0 Å². The zero-order chi connectivity index (χ0) is 11.2. The van der Waals surface area contributed by atoms with E-state index in [0.29, 0.717) is 6.42 Å². The van der Waals surface area contributed by atoms with E-state index in [1.165, 1.54) is 0 Å². The van der Waals surface area contributed by atoms with Crippen molar-refractivity contribution in [2.24, 2.45) is 11.1 Å². The number of carbonyl (C=O) groups is 1. The lowest BCUT2D eigenvalue weighted by molar-refractivity contribution is -0.121. The summed E-state index contributed by atoms with van der Waals surface area (Å²) in [4.78, 5) is 11.4. The largest absolute Gasteiger partial charge is 0.356 e. The zero-order valence-electron chi connectivity index (χ0n) is 9.89. The number of hydrogen-bond donors (Lipinski definition) is 2. The SMILES string of the molecule is CCCCNC(=O)CC(N)C(C)(C)C. The Morgan fingerprint density at radius 2 is 2.00 bits per heavy atom. The van der Waals surface area contributed by atoms with Gasteiger partial charge in [-0.05, 0) is 11.8 Å². The zero-order valence-corrected chi connectivity index (χ0v) is 9.89. The third kappa shape index (κ3) is 5.97. The first-order valence-electron chi connectivity index (χ1n) is 5.40. The van der Waals surface area contributed by atoms with E-state index in [1.807, 2.05) is 0 Å². The highest BCUT2D eigenvalue weighted by Crippen LogP contribution is 2.19. The van der Waals surface area contributed by atoms with Gasteiger partial charge in [0.25, 0.3) is 0 Å². The molecule has 0 aromatic rings. The normalized spacial score (nSPS) is 13.8. The van der Waals surface area contributed by atoms with E-state index in [-0.39, 0.29) is 17.4 Å². The molecule has 0 aliphatic heterocycles. The fraction of sp³-hybridized carbons (Fsp3) is 0.909. The molecule has 3 heteroatoms. The number of amides is 1. The van der Waals surface area contributed by atoms with Crippen molar-refractivity contribution in [3.05, 3.63) is 0 Å². The second kappa shape index (κ2) is 6.02. The monoisotopic (exact) mass is 200 g/mol. The molecule has 1 amide bonds. The molecule has 0 bridgehead atoms. The molecular weight excluding hydrogens is 176 g/mol. The maximum Gasteiger partial charge on any atom is 0.221 e. The van der Waals surface area contributed by atoms with E-state index in [4.69, 9.17) is 5.73 Å². The highest BCUT2D eigenvalue weighted by atomic mass is 16.1. The first-order valence-corrected chi connectivity index (χ1v) is 5.40. The van der Waals surface area contributed by atoms with Crippen LogP contribution >= 0.6 is 0 Å². The Morgan fingerprint density at radius 1 is 1.43 bits per heavy atom. The number of nitrogens with two attached hydrogens (primary N) is 1. The molecule has 0 aromatic heterocycles. The average Bonchev–Trinajstić information content (AvgIpc) is 2.03. The van der Waals surface area contributed by atoms with Gasteiger partial charge in [0.2, 0.25) is 5.91 Å². The molecule has 0 spiro atoms. The van der Waals surface area contributed by atoms with E-state index < -0.39 is 0 Å². The lowest BCUT2D eigenvalue weighted by Crippen LogP contribution is -2.40. The van der Waals surface area contributed by atoms with Crippen LogP contribution in [0.1, 0.15) is 47.0 Å². The van der Waals surface area contributed by atoms with Gasteiger partial charge in [-0.2, -0.15) is 0 Å². The summed E-state index contributed by atoms with van der Waals surface area (Å²) < 4.78 is 0. The third-order valence-electron chi connectivity index (χ3n) is 2.37. The van der Waals surface area contributed by atoms with Crippen LogP contribution in [0.3, 0.4) is 0 Å². The van der Waals surface area contributed by atoms with Crippen molar-refractivity contribution in [3.8, 4) is 0 Å². The molecule has 0 heterocycles. The number of rotatable bonds is 5. The van der Waals surface area contributed by atoms with Gasteiger partial charge in [0.15, 0.2) is 0 Å². The van der Waals surface area contributed by atoms with Gasteiger partial charge in [0.1, 0.15) is 0 Å². The minimum Gasteiger partial charge on any atom is -0.356 e. The molecule has 0 radical (unpaired) electrons. The Labute approximate surface area is 87.4 Å². The van der Waals surface area contributed by atoms with Crippen LogP contribution in [0.5, 0.6) is 0 Å². The Morgan fingerprint density at radius 3 is 2.43 bits per heavy atom. The second-order valence-electron chi connectivity index (χ2n) is 4.88. The number of hydrogen-bond acceptors (Lipinski definition) is 2. The summed E-state index contributed by atoms with van der Waals surface area (Å²) in [6.45, 7) is 9.03. The van der Waals surface area contributed by atoms with Crippen molar-refractivity contribution < 1.29 is 4.79 Å². The third-order valence-corrected chi connectivity index (χ3v) is 2.37. The molecular formula is C11H24N2O. The fourth-order valence-electron chi connectivity index (χ4n) is 0.983. The smallest absolute Gasteiger partial charge is 0.221 e. The van der Waals surface area contributed by atoms with Gasteiger partial charge in [-0.15, -0.1) is 0 Å². The summed E-state index contributed by atoms with van der Waals surface area (Å²) >= 11 is 0. The van der Waals surface area contributed by atoms with Gasteiger partial charge in [0, 0.05) is 19.0 Å². The highest BCUT2D eigenvalue weighted by molar-refractivity contribution is 5.76. The van der Waals surface area contributed by atoms with Crippen LogP contribution in [0.15, 0.2) is 0 Å². The van der Waals surface area contributed by atoms with Gasteiger partial charge in [-0.3, -0.25) is 4.79 Å². The summed E-state index contributed by atoms with van der Waals surface area (Å²) in [6, 6.07) is -0.0656. The van der Waals surface area contributed by atoms with Crippen LogP contribution in [0.25, 0.3) is 0 Å². The van der Waals surface area contributed by atoms with Crippen molar-refractivity contribution in [2.45, 2.75) is 53.0 Å². The van der Waals surface area contributed by atoms with Crippen LogP contribution in [-0.2, 0) is 4.79 Å². The topological polar surface area (TPSA) is 55.1 Å². The van der Waals surface area contributed by atoms with Gasteiger partial charge in [0.05, 0.1) is 0 Å². The molecule has 0 saturated heterocycles. The van der Waals surface area contributed by atoms with Crippen LogP contribution in [-0.4, -0.2) is 18.5 Å². The van der Waals surface area contributed by atoms with Gasteiger partial charge < -0.3 is 11.1 Å². The molecule has 0 rings (SSSR count). The second-order valence-corrected chi connectivity index (χ2v) is 4.88. The number of carbonyl (C=O) groups excluding carboxylic acids is 1. The molecule has 3 N–H and O–H groups in total. The van der Waals surface area contributed by atoms with Crippen LogP contribution < -0.4 is 11.1 Å². The standard InChI is InChI=1S/C11H24N2O/c1-5-6-7-13-10(14)8-9(12)11(2,3)4/h9H,5-8,12H2,1-4H3,(H,13,14). The Balaban J connectivity index is 3.72. The van der Waals surface area contributed by atoms with Crippen molar-refractivity contribution in [2.75, 3.05) is 6.54 Å². The quantitative estimate of drug-likeness (QED) is 0.663. The molecule has 0 fully saturated rings. The van der Waals surface area contributed by atoms with Crippen molar-refractivity contribution in [3.63, 3.8) is 0 Å². The first kappa shape index (κ1) is 13.4. The lowest BCUT2D eigenvalue weighted by atomic mass is 9.85. The van der Waals surface area contributed by atoms with Gasteiger partial charge in [-0.25, -0.2) is 0 Å². The molecule has 1 unspecified atom stereocenters. The highest BCUT2D eigenvalue weighted by Gasteiger charge is 2.22. The van der Waals surface area contributed by atoms with Crippen LogP contribution in [0, 0.1) is 5.41 Å². The molecule has 3 nitrogen and oxygen atoms in total. The predicted molar refractivity (Wildman–Crippen MR) is 60.0 cm³/mol. The van der Waals surface area contributed by atoms with E-state index in [1.54, 1.807) is 0 Å². The summed E-state index contributed by atoms with van der Waals surface area (Å²) in [5, 5.41) is 2.87. The van der Waals surface area contributed by atoms with E-state index in [9.17, 15) is 4.79 Å². The summed E-state index contributed by atoms with van der Waals surface area (Å²) in [6.07, 6.45) is 2.56. The molecule has 14 heavy (non-hydrogen) atoms. The molecule has 0 aliphatic rings. The first-order chi connectivity index (χ1) is 6.38. The van der Waals surface area contributed by atoms with Crippen molar-refractivity contribution in [1.82, 2.24) is 5.32 Å².